The van der Waals surface area contributed by atoms with E-state index < -0.39 is 6.10 Å². The van der Waals surface area contributed by atoms with Crippen molar-refractivity contribution < 1.29 is 19.4 Å². The highest BCUT2D eigenvalue weighted by molar-refractivity contribution is 5.32. The van der Waals surface area contributed by atoms with Crippen molar-refractivity contribution in [2.24, 2.45) is 50.7 Å². The fourth-order valence-corrected chi connectivity index (χ4v) is 11.8. The van der Waals surface area contributed by atoms with E-state index in [-0.39, 0.29) is 34.6 Å². The molecular formula is C28H42N2O4. The molecule has 34 heavy (non-hydrogen) atoms. The lowest BCUT2D eigenvalue weighted by Gasteiger charge is -2.63. The Morgan fingerprint density at radius 3 is 2.44 bits per heavy atom. The Morgan fingerprint density at radius 1 is 0.971 bits per heavy atom. The zero-order valence-electron chi connectivity index (χ0n) is 21.5. The van der Waals surface area contributed by atoms with E-state index in [0.29, 0.717) is 40.4 Å². The first-order valence-corrected chi connectivity index (χ1v) is 13.8. The summed E-state index contributed by atoms with van der Waals surface area (Å²) in [5, 5.41) is 31.1. The minimum atomic E-state index is -0.478. The van der Waals surface area contributed by atoms with E-state index in [1.807, 2.05) is 0 Å². The molecular weight excluding hydrogens is 428 g/mol. The molecule has 1 saturated heterocycles. The maximum atomic E-state index is 12.2. The second-order valence-electron chi connectivity index (χ2n) is 14.3. The zero-order chi connectivity index (χ0) is 23.9. The van der Waals surface area contributed by atoms with E-state index in [4.69, 9.17) is 9.15 Å². The van der Waals surface area contributed by atoms with Crippen LogP contribution in [0.4, 0.5) is 0 Å². The van der Waals surface area contributed by atoms with Crippen LogP contribution in [0, 0.1) is 50.7 Å². The summed E-state index contributed by atoms with van der Waals surface area (Å²) < 4.78 is 12.2. The van der Waals surface area contributed by atoms with Gasteiger partial charge in [-0.1, -0.05) is 34.6 Å². The van der Waals surface area contributed by atoms with Crippen molar-refractivity contribution in [3.63, 3.8) is 0 Å². The van der Waals surface area contributed by atoms with Crippen LogP contribution < -0.4 is 0 Å². The van der Waals surface area contributed by atoms with Crippen molar-refractivity contribution in [2.75, 3.05) is 0 Å². The predicted octanol–water partition coefficient (Wildman–Crippen LogP) is 4.92. The number of nitrogens with zero attached hydrogens (tertiary/aromatic N) is 2. The van der Waals surface area contributed by atoms with Gasteiger partial charge in [0.2, 0.25) is 12.3 Å². The maximum absolute atomic E-state index is 12.2. The van der Waals surface area contributed by atoms with Crippen LogP contribution in [0.5, 0.6) is 0 Å². The molecule has 5 aliphatic carbocycles. The summed E-state index contributed by atoms with van der Waals surface area (Å²) >= 11 is 0. The van der Waals surface area contributed by atoms with Crippen LogP contribution >= 0.6 is 0 Å². The average Bonchev–Trinajstić information content (AvgIpc) is 3.07. The first kappa shape index (κ1) is 22.2. The molecule has 1 aromatic heterocycles. The highest BCUT2D eigenvalue weighted by Gasteiger charge is 2.84. The number of aromatic nitrogens is 2. The van der Waals surface area contributed by atoms with E-state index in [2.05, 4.69) is 44.8 Å². The number of aliphatic hydroxyl groups excluding tert-OH is 2. The summed E-state index contributed by atoms with van der Waals surface area (Å²) in [7, 11) is 0. The molecule has 0 radical (unpaired) electrons. The zero-order valence-corrected chi connectivity index (χ0v) is 21.5. The van der Waals surface area contributed by atoms with Crippen LogP contribution in [0.15, 0.2) is 10.8 Å². The number of aliphatic hydroxyl groups is 2. The fraction of sp³-hybridized carbons (Fsp3) is 0.929. The third-order valence-corrected chi connectivity index (χ3v) is 13.4. The van der Waals surface area contributed by atoms with Gasteiger partial charge in [-0.3, -0.25) is 0 Å². The molecule has 2 spiro atoms. The molecule has 6 aliphatic rings. The third-order valence-electron chi connectivity index (χ3n) is 13.4. The summed E-state index contributed by atoms with van der Waals surface area (Å²) in [4.78, 5) is 0. The SMILES string of the molecule is C[C@@H]1CC(c2nnco2)OC2[C@H]1[C@@]1(C)CC[C@@]34C[C@@]35CC[C@H](O)C(C)(C)[C@@H]5CCC4[C@]1(C)[C@H]2O. The van der Waals surface area contributed by atoms with Crippen molar-refractivity contribution in [3.05, 3.63) is 12.3 Å². The molecule has 2 N–H and O–H groups in total. The monoisotopic (exact) mass is 470 g/mol. The Balaban J connectivity index is 1.27. The van der Waals surface area contributed by atoms with Crippen molar-refractivity contribution in [1.29, 1.82) is 0 Å². The lowest BCUT2D eigenvalue weighted by Crippen LogP contribution is -2.59. The second kappa shape index (κ2) is 6.47. The largest absolute Gasteiger partial charge is 0.425 e. The van der Waals surface area contributed by atoms with Gasteiger partial charge in [0.15, 0.2) is 0 Å². The van der Waals surface area contributed by atoms with Crippen LogP contribution in [0.25, 0.3) is 0 Å². The van der Waals surface area contributed by atoms with Gasteiger partial charge >= 0.3 is 0 Å². The Kier molecular flexibility index (Phi) is 4.23. The third kappa shape index (κ3) is 2.23. The normalized spacial score (nSPS) is 59.3. The number of ether oxygens (including phenoxy) is 1. The van der Waals surface area contributed by atoms with Crippen molar-refractivity contribution >= 4 is 0 Å². The van der Waals surface area contributed by atoms with Crippen molar-refractivity contribution in [2.45, 2.75) is 110 Å². The Labute approximate surface area is 203 Å². The Morgan fingerprint density at radius 2 is 1.71 bits per heavy atom. The van der Waals surface area contributed by atoms with Gasteiger partial charge < -0.3 is 19.4 Å². The summed E-state index contributed by atoms with van der Waals surface area (Å²) in [5.74, 6) is 2.45. The molecule has 6 fully saturated rings. The molecule has 0 aromatic carbocycles. The minimum Gasteiger partial charge on any atom is -0.425 e. The first-order chi connectivity index (χ1) is 16.0. The number of hydrogen-bond acceptors (Lipinski definition) is 6. The topological polar surface area (TPSA) is 88.6 Å². The lowest BCUT2D eigenvalue weighted by atomic mass is 9.41. The van der Waals surface area contributed by atoms with Crippen LogP contribution in [-0.4, -0.2) is 38.7 Å². The Hall–Kier alpha value is -0.980. The van der Waals surface area contributed by atoms with Gasteiger partial charge in [0.1, 0.15) is 6.10 Å². The Bertz CT molecular complexity index is 997. The summed E-state index contributed by atoms with van der Waals surface area (Å²) in [6, 6.07) is 0. The highest BCUT2D eigenvalue weighted by atomic mass is 16.5. The van der Waals surface area contributed by atoms with Crippen LogP contribution in [0.2, 0.25) is 0 Å². The maximum Gasteiger partial charge on any atom is 0.244 e. The van der Waals surface area contributed by atoms with Crippen LogP contribution in [0.1, 0.15) is 98.0 Å². The van der Waals surface area contributed by atoms with Crippen molar-refractivity contribution in [1.82, 2.24) is 10.2 Å². The number of rotatable bonds is 1. The highest BCUT2D eigenvalue weighted by Crippen LogP contribution is 2.89. The van der Waals surface area contributed by atoms with E-state index in [9.17, 15) is 10.2 Å². The molecule has 5 saturated carbocycles. The van der Waals surface area contributed by atoms with Gasteiger partial charge in [-0.15, -0.1) is 10.2 Å². The molecule has 1 aromatic rings. The fourth-order valence-electron chi connectivity index (χ4n) is 11.8. The van der Waals surface area contributed by atoms with E-state index >= 15 is 0 Å². The van der Waals surface area contributed by atoms with Crippen LogP contribution in [-0.2, 0) is 4.74 Å². The van der Waals surface area contributed by atoms with Gasteiger partial charge in [0.05, 0.1) is 18.3 Å². The van der Waals surface area contributed by atoms with Gasteiger partial charge in [0, 0.05) is 5.41 Å². The molecule has 0 amide bonds. The summed E-state index contributed by atoms with van der Waals surface area (Å²) in [5.41, 5.74) is 0.603. The molecule has 2 heterocycles. The molecule has 6 nitrogen and oxygen atoms in total. The molecule has 7 rings (SSSR count). The second-order valence-corrected chi connectivity index (χ2v) is 14.3. The van der Waals surface area contributed by atoms with Gasteiger partial charge in [-0.2, -0.15) is 0 Å². The van der Waals surface area contributed by atoms with Gasteiger partial charge in [0.25, 0.3) is 0 Å². The van der Waals surface area contributed by atoms with Crippen molar-refractivity contribution in [3.8, 4) is 0 Å². The standard InChI is InChI=1S/C28H42N2O4/c1-15-12-16(23-30-29-14-33-23)34-21-20(15)25(4)10-11-28-13-27(28)9-8-19(31)24(2,3)17(27)6-7-18(28)26(25,5)22(21)32/h14-22,31-32H,6-13H2,1-5H3/t15-,16?,17+,18?,19+,20+,21?,22+,25-,26-,27-,28+/m1/s1. The quantitative estimate of drug-likeness (QED) is 0.606. The molecule has 6 heteroatoms. The summed E-state index contributed by atoms with van der Waals surface area (Å²) in [6.45, 7) is 11.9. The number of hydrogen-bond donors (Lipinski definition) is 2. The minimum absolute atomic E-state index is 0.00836. The molecule has 0 bridgehead atoms. The first-order valence-electron chi connectivity index (χ1n) is 13.8. The predicted molar refractivity (Wildman–Crippen MR) is 125 cm³/mol. The van der Waals surface area contributed by atoms with Crippen LogP contribution in [0.3, 0.4) is 0 Å². The molecule has 12 atom stereocenters. The average molecular weight is 471 g/mol. The van der Waals surface area contributed by atoms with Gasteiger partial charge in [-0.05, 0) is 96.7 Å². The van der Waals surface area contributed by atoms with E-state index in [1.54, 1.807) is 0 Å². The van der Waals surface area contributed by atoms with E-state index in [0.717, 1.165) is 12.8 Å². The van der Waals surface area contributed by atoms with Gasteiger partial charge in [-0.25, -0.2) is 0 Å². The smallest absolute Gasteiger partial charge is 0.244 e. The van der Waals surface area contributed by atoms with E-state index in [1.165, 1.54) is 44.9 Å². The summed E-state index contributed by atoms with van der Waals surface area (Å²) in [6.07, 6.45) is 9.41. The number of fused-ring (bicyclic) bond motifs is 4. The molecule has 3 unspecified atom stereocenters. The lowest BCUT2D eigenvalue weighted by molar-refractivity contribution is -0.182. The molecule has 188 valence electrons. The molecule has 1 aliphatic heterocycles.